The van der Waals surface area contributed by atoms with Gasteiger partial charge in [0.25, 0.3) is 5.91 Å². The molecule has 1 aliphatic carbocycles. The highest BCUT2D eigenvalue weighted by atomic mass is 79.9. The normalized spacial score (nSPS) is 15.5. The molecule has 3 nitrogen and oxygen atoms in total. The average molecular weight is 345 g/mol. The Morgan fingerprint density at radius 2 is 2.05 bits per heavy atom. The summed E-state index contributed by atoms with van der Waals surface area (Å²) in [5.41, 5.74) is 1.87. The highest BCUT2D eigenvalue weighted by Gasteiger charge is 2.32. The fourth-order valence-electron chi connectivity index (χ4n) is 2.49. The standard InChI is InChI=1S/C17H17BrN2O/c18-15-9-14(10-19-11-15)17(21)20-16(13-6-7-13)8-12-4-2-1-3-5-12/h1-5,9-11,13,16H,6-8H2,(H,20,21)/t16-/m1/s1. The Morgan fingerprint density at radius 3 is 2.71 bits per heavy atom. The predicted octanol–water partition coefficient (Wildman–Crippen LogP) is 3.60. The van der Waals surface area contributed by atoms with Crippen LogP contribution in [0.3, 0.4) is 0 Å². The van der Waals surface area contributed by atoms with Crippen LogP contribution in [0.15, 0.2) is 53.3 Å². The van der Waals surface area contributed by atoms with Gasteiger partial charge in [-0.1, -0.05) is 30.3 Å². The Labute approximate surface area is 132 Å². The number of nitrogens with zero attached hydrogens (tertiary/aromatic N) is 1. The third-order valence-corrected chi connectivity index (χ3v) is 4.21. The van der Waals surface area contributed by atoms with Gasteiger partial charge in [0.2, 0.25) is 0 Å². The van der Waals surface area contributed by atoms with E-state index >= 15 is 0 Å². The second kappa shape index (κ2) is 6.39. The zero-order valence-corrected chi connectivity index (χ0v) is 13.2. The van der Waals surface area contributed by atoms with Gasteiger partial charge in [-0.2, -0.15) is 0 Å². The molecule has 0 unspecified atom stereocenters. The molecular formula is C17H17BrN2O. The van der Waals surface area contributed by atoms with Crippen LogP contribution in [-0.2, 0) is 6.42 Å². The molecule has 108 valence electrons. The van der Waals surface area contributed by atoms with Crippen molar-refractivity contribution >= 4 is 21.8 Å². The van der Waals surface area contributed by atoms with E-state index in [4.69, 9.17) is 0 Å². The van der Waals surface area contributed by atoms with Gasteiger partial charge in [0.15, 0.2) is 0 Å². The molecule has 0 bridgehead atoms. The highest BCUT2D eigenvalue weighted by Crippen LogP contribution is 2.34. The minimum absolute atomic E-state index is 0.0448. The van der Waals surface area contributed by atoms with Crippen LogP contribution < -0.4 is 5.32 Å². The first-order valence-electron chi connectivity index (χ1n) is 7.18. The number of nitrogens with one attached hydrogen (secondary N) is 1. The number of halogens is 1. The van der Waals surface area contributed by atoms with E-state index < -0.39 is 0 Å². The summed E-state index contributed by atoms with van der Waals surface area (Å²) in [6.07, 6.45) is 6.58. The van der Waals surface area contributed by atoms with Gasteiger partial charge in [-0.25, -0.2) is 0 Å². The summed E-state index contributed by atoms with van der Waals surface area (Å²) in [6, 6.07) is 12.3. The Kier molecular flexibility index (Phi) is 4.34. The Bertz CT molecular complexity index is 626. The average Bonchev–Trinajstić information content (AvgIpc) is 3.32. The fourth-order valence-corrected chi connectivity index (χ4v) is 2.85. The van der Waals surface area contributed by atoms with E-state index in [1.807, 2.05) is 18.2 Å². The quantitative estimate of drug-likeness (QED) is 0.900. The molecule has 2 aromatic rings. The molecule has 1 saturated carbocycles. The third kappa shape index (κ3) is 3.91. The number of rotatable bonds is 5. The zero-order valence-electron chi connectivity index (χ0n) is 11.6. The molecule has 1 aromatic heterocycles. The Balaban J connectivity index is 1.69. The third-order valence-electron chi connectivity index (χ3n) is 3.77. The molecule has 4 heteroatoms. The van der Waals surface area contributed by atoms with Crippen LogP contribution in [0, 0.1) is 5.92 Å². The summed E-state index contributed by atoms with van der Waals surface area (Å²) in [4.78, 5) is 16.4. The van der Waals surface area contributed by atoms with Crippen molar-refractivity contribution in [2.75, 3.05) is 0 Å². The number of hydrogen-bond acceptors (Lipinski definition) is 2. The summed E-state index contributed by atoms with van der Waals surface area (Å²) in [5.74, 6) is 0.561. The van der Waals surface area contributed by atoms with Crippen LogP contribution in [0.5, 0.6) is 0 Å². The lowest BCUT2D eigenvalue weighted by Crippen LogP contribution is -2.38. The van der Waals surface area contributed by atoms with Crippen LogP contribution in [-0.4, -0.2) is 16.9 Å². The number of carbonyl (C=O) groups is 1. The second-order valence-corrected chi connectivity index (χ2v) is 6.41. The lowest BCUT2D eigenvalue weighted by Gasteiger charge is -2.18. The summed E-state index contributed by atoms with van der Waals surface area (Å²) >= 11 is 3.35. The van der Waals surface area contributed by atoms with Crippen LogP contribution >= 0.6 is 15.9 Å². The minimum atomic E-state index is -0.0448. The van der Waals surface area contributed by atoms with E-state index in [2.05, 4.69) is 38.4 Å². The van der Waals surface area contributed by atoms with Crippen molar-refractivity contribution < 1.29 is 4.79 Å². The first-order valence-corrected chi connectivity index (χ1v) is 7.97. The molecule has 0 spiro atoms. The van der Waals surface area contributed by atoms with E-state index in [9.17, 15) is 4.79 Å². The SMILES string of the molecule is O=C(N[C@H](Cc1ccccc1)C1CC1)c1cncc(Br)c1. The number of pyridine rings is 1. The van der Waals surface area contributed by atoms with Gasteiger partial charge in [-0.15, -0.1) is 0 Å². The monoisotopic (exact) mass is 344 g/mol. The number of amides is 1. The summed E-state index contributed by atoms with van der Waals surface area (Å²) in [7, 11) is 0. The molecule has 21 heavy (non-hydrogen) atoms. The predicted molar refractivity (Wildman–Crippen MR) is 86.1 cm³/mol. The Hall–Kier alpha value is -1.68. The first-order chi connectivity index (χ1) is 10.2. The van der Waals surface area contributed by atoms with Gasteiger partial charge in [-0.3, -0.25) is 9.78 Å². The molecular weight excluding hydrogens is 328 g/mol. The molecule has 1 fully saturated rings. The second-order valence-electron chi connectivity index (χ2n) is 5.50. The first kappa shape index (κ1) is 14.3. The van der Waals surface area contributed by atoms with Crippen molar-refractivity contribution in [1.82, 2.24) is 10.3 Å². The molecule has 0 saturated heterocycles. The summed E-state index contributed by atoms with van der Waals surface area (Å²) < 4.78 is 0.821. The van der Waals surface area contributed by atoms with Gasteiger partial charge < -0.3 is 5.32 Å². The van der Waals surface area contributed by atoms with Gasteiger partial charge >= 0.3 is 0 Å². The van der Waals surface area contributed by atoms with Gasteiger partial charge in [-0.05, 0) is 52.7 Å². The molecule has 1 atom stereocenters. The smallest absolute Gasteiger partial charge is 0.253 e. The van der Waals surface area contributed by atoms with Crippen molar-refractivity contribution in [3.05, 3.63) is 64.4 Å². The fraction of sp³-hybridized carbons (Fsp3) is 0.294. The summed E-state index contributed by atoms with van der Waals surface area (Å²) in [6.45, 7) is 0. The lowest BCUT2D eigenvalue weighted by atomic mass is 10.0. The Morgan fingerprint density at radius 1 is 1.29 bits per heavy atom. The molecule has 1 aromatic carbocycles. The molecule has 3 rings (SSSR count). The number of hydrogen-bond donors (Lipinski definition) is 1. The van der Waals surface area contributed by atoms with Crippen LogP contribution in [0.2, 0.25) is 0 Å². The van der Waals surface area contributed by atoms with E-state index in [0.29, 0.717) is 11.5 Å². The molecule has 1 amide bonds. The van der Waals surface area contributed by atoms with Gasteiger partial charge in [0.05, 0.1) is 5.56 Å². The maximum atomic E-state index is 12.4. The molecule has 1 N–H and O–H groups in total. The van der Waals surface area contributed by atoms with Crippen molar-refractivity contribution in [2.45, 2.75) is 25.3 Å². The van der Waals surface area contributed by atoms with Crippen molar-refractivity contribution in [2.24, 2.45) is 5.92 Å². The zero-order chi connectivity index (χ0) is 14.7. The summed E-state index contributed by atoms with van der Waals surface area (Å²) in [5, 5.41) is 3.17. The number of carbonyl (C=O) groups excluding carboxylic acids is 1. The van der Waals surface area contributed by atoms with E-state index in [0.717, 1.165) is 10.9 Å². The van der Waals surface area contributed by atoms with E-state index in [-0.39, 0.29) is 11.9 Å². The number of aromatic nitrogens is 1. The van der Waals surface area contributed by atoms with Gasteiger partial charge in [0.1, 0.15) is 0 Å². The van der Waals surface area contributed by atoms with Crippen LogP contribution in [0.25, 0.3) is 0 Å². The maximum absolute atomic E-state index is 12.4. The lowest BCUT2D eigenvalue weighted by molar-refractivity contribution is 0.0931. The minimum Gasteiger partial charge on any atom is -0.349 e. The molecule has 1 heterocycles. The topological polar surface area (TPSA) is 42.0 Å². The van der Waals surface area contributed by atoms with E-state index in [1.54, 1.807) is 18.5 Å². The molecule has 1 aliphatic rings. The van der Waals surface area contributed by atoms with Crippen molar-refractivity contribution in [3.8, 4) is 0 Å². The molecule has 0 radical (unpaired) electrons. The molecule has 0 aliphatic heterocycles. The van der Waals surface area contributed by atoms with Crippen LogP contribution in [0.1, 0.15) is 28.8 Å². The van der Waals surface area contributed by atoms with Gasteiger partial charge in [0, 0.05) is 22.9 Å². The van der Waals surface area contributed by atoms with Crippen LogP contribution in [0.4, 0.5) is 0 Å². The highest BCUT2D eigenvalue weighted by molar-refractivity contribution is 9.10. The van der Waals surface area contributed by atoms with Crippen molar-refractivity contribution in [1.29, 1.82) is 0 Å². The van der Waals surface area contributed by atoms with E-state index in [1.165, 1.54) is 18.4 Å². The van der Waals surface area contributed by atoms with Crippen molar-refractivity contribution in [3.63, 3.8) is 0 Å². The number of benzene rings is 1. The maximum Gasteiger partial charge on any atom is 0.253 e. The largest absolute Gasteiger partial charge is 0.349 e.